The molecule has 1 aromatic rings. The maximum Gasteiger partial charge on any atom is 0.320 e. The molecule has 2 N–H and O–H groups in total. The van der Waals surface area contributed by atoms with Crippen LogP contribution in [0.4, 0.5) is 5.69 Å². The first-order chi connectivity index (χ1) is 9.47. The summed E-state index contributed by atoms with van der Waals surface area (Å²) in [5.74, 6) is -1.13. The molecule has 0 heterocycles. The Morgan fingerprint density at radius 2 is 2.05 bits per heavy atom. The maximum atomic E-state index is 11.9. The third-order valence-corrected chi connectivity index (χ3v) is 3.79. The van der Waals surface area contributed by atoms with Gasteiger partial charge in [-0.05, 0) is 56.5 Å². The summed E-state index contributed by atoms with van der Waals surface area (Å²) >= 11 is 0. The van der Waals surface area contributed by atoms with Crippen LogP contribution in [0.5, 0.6) is 0 Å². The van der Waals surface area contributed by atoms with Gasteiger partial charge in [0.05, 0.1) is 6.54 Å². The number of likely N-dealkylation sites (N-methyl/N-ethyl adjacent to an activating group) is 1. The fourth-order valence-corrected chi connectivity index (χ4v) is 2.40. The van der Waals surface area contributed by atoms with Crippen molar-refractivity contribution in [3.8, 4) is 0 Å². The number of nitrogens with zero attached hydrogens (tertiary/aromatic N) is 1. The van der Waals surface area contributed by atoms with Crippen molar-refractivity contribution in [2.45, 2.75) is 32.2 Å². The third kappa shape index (κ3) is 3.36. The Hall–Kier alpha value is -1.88. The summed E-state index contributed by atoms with van der Waals surface area (Å²) in [6.45, 7) is 1.62. The highest BCUT2D eigenvalue weighted by Gasteiger charge is 2.19. The van der Waals surface area contributed by atoms with E-state index in [1.165, 1.54) is 22.4 Å². The predicted molar refractivity (Wildman–Crippen MR) is 76.8 cm³/mol. The number of aryl methyl sites for hydroxylation is 2. The molecule has 5 nitrogen and oxygen atoms in total. The fourth-order valence-electron chi connectivity index (χ4n) is 2.40. The number of carboxylic acid groups (broad SMARTS) is 1. The van der Waals surface area contributed by atoms with Gasteiger partial charge >= 0.3 is 5.97 Å². The van der Waals surface area contributed by atoms with Crippen molar-refractivity contribution in [2.75, 3.05) is 18.9 Å². The number of hydrogen-bond acceptors (Lipinski definition) is 3. The Balaban J connectivity index is 1.93. The lowest BCUT2D eigenvalue weighted by Gasteiger charge is -2.20. The van der Waals surface area contributed by atoms with E-state index < -0.39 is 12.0 Å². The van der Waals surface area contributed by atoms with Crippen LogP contribution in [0.2, 0.25) is 0 Å². The summed E-state index contributed by atoms with van der Waals surface area (Å²) in [5, 5.41) is 11.7. The highest BCUT2D eigenvalue weighted by Crippen LogP contribution is 2.24. The number of carboxylic acids is 1. The average Bonchev–Trinajstić information content (AvgIpc) is 2.84. The van der Waals surface area contributed by atoms with Crippen molar-refractivity contribution in [3.05, 3.63) is 29.3 Å². The van der Waals surface area contributed by atoms with Gasteiger partial charge in [-0.2, -0.15) is 0 Å². The van der Waals surface area contributed by atoms with Crippen LogP contribution in [0.25, 0.3) is 0 Å². The number of fused-ring (bicyclic) bond motifs is 1. The molecule has 0 aromatic heterocycles. The molecule has 5 heteroatoms. The van der Waals surface area contributed by atoms with E-state index in [0.29, 0.717) is 0 Å². The Labute approximate surface area is 118 Å². The molecule has 1 atom stereocenters. The van der Waals surface area contributed by atoms with Gasteiger partial charge in [0.25, 0.3) is 0 Å². The minimum atomic E-state index is -0.933. The lowest BCUT2D eigenvalue weighted by atomic mass is 10.1. The number of rotatable bonds is 5. The molecule has 0 bridgehead atoms. The highest BCUT2D eigenvalue weighted by molar-refractivity contribution is 5.92. The van der Waals surface area contributed by atoms with Crippen molar-refractivity contribution in [3.63, 3.8) is 0 Å². The largest absolute Gasteiger partial charge is 0.480 e. The van der Waals surface area contributed by atoms with E-state index in [-0.39, 0.29) is 12.5 Å². The van der Waals surface area contributed by atoms with Gasteiger partial charge in [-0.1, -0.05) is 6.07 Å². The molecule has 0 saturated carbocycles. The number of benzene rings is 1. The molecule has 1 aliphatic rings. The average molecular weight is 276 g/mol. The number of anilines is 1. The van der Waals surface area contributed by atoms with Crippen molar-refractivity contribution < 1.29 is 14.7 Å². The summed E-state index contributed by atoms with van der Waals surface area (Å²) in [4.78, 5) is 24.2. The zero-order valence-electron chi connectivity index (χ0n) is 11.8. The first-order valence-electron chi connectivity index (χ1n) is 6.82. The standard InChI is InChI=1S/C15H20N2O3/c1-10(15(19)20)17(2)9-14(18)16-13-7-6-11-4-3-5-12(11)8-13/h6-8,10H,3-5,9H2,1-2H3,(H,16,18)(H,19,20). The van der Waals surface area contributed by atoms with Crippen LogP contribution in [0.3, 0.4) is 0 Å². The summed E-state index contributed by atoms with van der Waals surface area (Å²) in [5.41, 5.74) is 3.45. The van der Waals surface area contributed by atoms with Crippen LogP contribution in [0.15, 0.2) is 18.2 Å². The SMILES string of the molecule is CC(C(=O)O)N(C)CC(=O)Nc1ccc2c(c1)CCC2. The molecule has 1 unspecified atom stereocenters. The number of aliphatic carboxylic acids is 1. The minimum Gasteiger partial charge on any atom is -0.480 e. The Bertz CT molecular complexity index is 528. The van der Waals surface area contributed by atoms with E-state index in [1.54, 1.807) is 14.0 Å². The molecule has 0 saturated heterocycles. The number of carbonyl (C=O) groups is 2. The smallest absolute Gasteiger partial charge is 0.320 e. The fraction of sp³-hybridized carbons (Fsp3) is 0.467. The number of nitrogens with one attached hydrogen (secondary N) is 1. The van der Waals surface area contributed by atoms with Gasteiger partial charge in [-0.3, -0.25) is 14.5 Å². The van der Waals surface area contributed by atoms with Gasteiger partial charge in [0.15, 0.2) is 0 Å². The highest BCUT2D eigenvalue weighted by atomic mass is 16.4. The molecule has 2 rings (SSSR count). The second-order valence-electron chi connectivity index (χ2n) is 5.31. The molecule has 0 fully saturated rings. The Morgan fingerprint density at radius 3 is 2.75 bits per heavy atom. The van der Waals surface area contributed by atoms with Crippen LogP contribution in [0, 0.1) is 0 Å². The summed E-state index contributed by atoms with van der Waals surface area (Å²) in [6.07, 6.45) is 3.35. The molecule has 0 spiro atoms. The van der Waals surface area contributed by atoms with Crippen LogP contribution in [-0.2, 0) is 22.4 Å². The molecular weight excluding hydrogens is 256 g/mol. The molecule has 1 aromatic carbocycles. The van der Waals surface area contributed by atoms with Gasteiger partial charge in [0.1, 0.15) is 6.04 Å². The van der Waals surface area contributed by atoms with Crippen LogP contribution in [-0.4, -0.2) is 41.5 Å². The summed E-state index contributed by atoms with van der Waals surface area (Å²) < 4.78 is 0. The second-order valence-corrected chi connectivity index (χ2v) is 5.31. The zero-order valence-corrected chi connectivity index (χ0v) is 11.8. The quantitative estimate of drug-likeness (QED) is 0.855. The molecule has 0 aliphatic heterocycles. The van der Waals surface area contributed by atoms with Crippen molar-refractivity contribution >= 4 is 17.6 Å². The number of amides is 1. The van der Waals surface area contributed by atoms with Crippen molar-refractivity contribution in [2.24, 2.45) is 0 Å². The Kier molecular flexibility index (Phi) is 4.39. The van der Waals surface area contributed by atoms with Gasteiger partial charge in [0.2, 0.25) is 5.91 Å². The zero-order chi connectivity index (χ0) is 14.7. The molecule has 0 radical (unpaired) electrons. The van der Waals surface area contributed by atoms with Gasteiger partial charge in [-0.15, -0.1) is 0 Å². The Morgan fingerprint density at radius 1 is 1.35 bits per heavy atom. The molecule has 1 aliphatic carbocycles. The van der Waals surface area contributed by atoms with Crippen molar-refractivity contribution in [1.29, 1.82) is 0 Å². The summed E-state index contributed by atoms with van der Waals surface area (Å²) in [7, 11) is 1.63. The molecule has 20 heavy (non-hydrogen) atoms. The lowest BCUT2D eigenvalue weighted by molar-refractivity contribution is -0.142. The van der Waals surface area contributed by atoms with E-state index in [2.05, 4.69) is 11.4 Å². The topological polar surface area (TPSA) is 69.6 Å². The first kappa shape index (κ1) is 14.5. The van der Waals surface area contributed by atoms with Crippen LogP contribution >= 0.6 is 0 Å². The van der Waals surface area contributed by atoms with E-state index in [0.717, 1.165) is 18.5 Å². The lowest BCUT2D eigenvalue weighted by Crippen LogP contribution is -2.40. The van der Waals surface area contributed by atoms with E-state index in [9.17, 15) is 9.59 Å². The van der Waals surface area contributed by atoms with Crippen molar-refractivity contribution in [1.82, 2.24) is 4.90 Å². The molecule has 1 amide bonds. The van der Waals surface area contributed by atoms with Crippen LogP contribution < -0.4 is 5.32 Å². The van der Waals surface area contributed by atoms with Crippen LogP contribution in [0.1, 0.15) is 24.5 Å². The van der Waals surface area contributed by atoms with E-state index in [4.69, 9.17) is 5.11 Å². The second kappa shape index (κ2) is 6.05. The van der Waals surface area contributed by atoms with Gasteiger partial charge < -0.3 is 10.4 Å². The summed E-state index contributed by atoms with van der Waals surface area (Å²) in [6, 6.07) is 5.30. The first-order valence-corrected chi connectivity index (χ1v) is 6.82. The monoisotopic (exact) mass is 276 g/mol. The molecular formula is C15H20N2O3. The van der Waals surface area contributed by atoms with Gasteiger partial charge in [0, 0.05) is 5.69 Å². The molecule has 108 valence electrons. The number of carbonyl (C=O) groups excluding carboxylic acids is 1. The number of hydrogen-bond donors (Lipinski definition) is 2. The third-order valence-electron chi connectivity index (χ3n) is 3.79. The van der Waals surface area contributed by atoms with E-state index in [1.807, 2.05) is 12.1 Å². The minimum absolute atomic E-state index is 0.0601. The predicted octanol–water partition coefficient (Wildman–Crippen LogP) is 1.52. The van der Waals surface area contributed by atoms with Gasteiger partial charge in [-0.25, -0.2) is 0 Å². The van der Waals surface area contributed by atoms with E-state index >= 15 is 0 Å². The normalized spacial score (nSPS) is 14.9. The maximum absolute atomic E-state index is 11.9.